The lowest BCUT2D eigenvalue weighted by Gasteiger charge is -2.05. The molecule has 0 aliphatic rings. The fourth-order valence-electron chi connectivity index (χ4n) is 2.32. The van der Waals surface area contributed by atoms with Crippen LogP contribution in [-0.2, 0) is 6.54 Å². The molecule has 1 aromatic carbocycles. The summed E-state index contributed by atoms with van der Waals surface area (Å²) in [6.07, 6.45) is 0. The maximum atomic E-state index is 12.6. The molecule has 0 fully saturated rings. The normalized spacial score (nSPS) is 11.0. The first kappa shape index (κ1) is 14.0. The van der Waals surface area contributed by atoms with E-state index in [1.54, 1.807) is 11.7 Å². The Bertz CT molecular complexity index is 904. The topological polar surface area (TPSA) is 47.0 Å². The van der Waals surface area contributed by atoms with Gasteiger partial charge in [0, 0.05) is 17.5 Å². The van der Waals surface area contributed by atoms with Gasteiger partial charge in [0.25, 0.3) is 5.56 Å². The van der Waals surface area contributed by atoms with Crippen molar-refractivity contribution in [3.63, 3.8) is 0 Å². The molecule has 3 aromatic rings. The first-order chi connectivity index (χ1) is 10.2. The smallest absolute Gasteiger partial charge is 0.263 e. The number of hydrogen-bond acceptors (Lipinski definition) is 4. The lowest BCUT2D eigenvalue weighted by Crippen LogP contribution is -2.20. The second-order valence-corrected chi connectivity index (χ2v) is 5.83. The first-order valence-corrected chi connectivity index (χ1v) is 7.83. The summed E-state index contributed by atoms with van der Waals surface area (Å²) in [6, 6.07) is 7.69. The maximum Gasteiger partial charge on any atom is 0.263 e. The number of nitrogens with one attached hydrogen (secondary N) is 1. The van der Waals surface area contributed by atoms with Crippen molar-refractivity contribution in [3.8, 4) is 16.9 Å². The summed E-state index contributed by atoms with van der Waals surface area (Å²) in [7, 11) is 1.63. The van der Waals surface area contributed by atoms with Gasteiger partial charge in [-0.1, -0.05) is 12.1 Å². The van der Waals surface area contributed by atoms with Crippen molar-refractivity contribution in [1.29, 1.82) is 0 Å². The Morgan fingerprint density at radius 1 is 1.33 bits per heavy atom. The number of benzene rings is 1. The number of fused-ring (bicyclic) bond motifs is 1. The van der Waals surface area contributed by atoms with Crippen molar-refractivity contribution < 1.29 is 4.74 Å². The molecular formula is C15H14N2O2S2. The predicted octanol–water partition coefficient (Wildman–Crippen LogP) is 3.82. The van der Waals surface area contributed by atoms with E-state index in [4.69, 9.17) is 17.0 Å². The third kappa shape index (κ3) is 2.30. The minimum absolute atomic E-state index is 0.0386. The molecule has 6 heteroatoms. The van der Waals surface area contributed by atoms with Gasteiger partial charge < -0.3 is 9.72 Å². The molecule has 0 radical (unpaired) electrons. The van der Waals surface area contributed by atoms with E-state index in [9.17, 15) is 4.79 Å². The first-order valence-electron chi connectivity index (χ1n) is 6.54. The van der Waals surface area contributed by atoms with Gasteiger partial charge in [-0.05, 0) is 36.8 Å². The summed E-state index contributed by atoms with van der Waals surface area (Å²) < 4.78 is 7.22. The van der Waals surface area contributed by atoms with Crippen LogP contribution >= 0.6 is 23.6 Å². The molecular weight excluding hydrogens is 304 g/mol. The minimum atomic E-state index is -0.0386. The number of H-pyrrole nitrogens is 1. The monoisotopic (exact) mass is 318 g/mol. The third-order valence-electron chi connectivity index (χ3n) is 3.43. The van der Waals surface area contributed by atoms with Crippen molar-refractivity contribution in [3.05, 3.63) is 44.8 Å². The van der Waals surface area contributed by atoms with E-state index in [2.05, 4.69) is 4.98 Å². The van der Waals surface area contributed by atoms with Gasteiger partial charge in [0.2, 0.25) is 0 Å². The van der Waals surface area contributed by atoms with Crippen molar-refractivity contribution in [2.45, 2.75) is 13.5 Å². The molecule has 108 valence electrons. The van der Waals surface area contributed by atoms with E-state index in [1.165, 1.54) is 11.3 Å². The van der Waals surface area contributed by atoms with Crippen molar-refractivity contribution in [2.24, 2.45) is 0 Å². The van der Waals surface area contributed by atoms with Crippen LogP contribution in [0.2, 0.25) is 0 Å². The highest BCUT2D eigenvalue weighted by Gasteiger charge is 2.13. The lowest BCUT2D eigenvalue weighted by molar-refractivity contribution is 0.415. The molecule has 0 aliphatic heterocycles. The highest BCUT2D eigenvalue weighted by atomic mass is 32.1. The number of nitrogens with zero attached hydrogens (tertiary/aromatic N) is 1. The molecule has 3 rings (SSSR count). The molecule has 21 heavy (non-hydrogen) atoms. The summed E-state index contributed by atoms with van der Waals surface area (Å²) in [5.41, 5.74) is 1.88. The number of aromatic nitrogens is 2. The zero-order valence-electron chi connectivity index (χ0n) is 11.7. The van der Waals surface area contributed by atoms with Crippen LogP contribution in [0.15, 0.2) is 34.4 Å². The summed E-state index contributed by atoms with van der Waals surface area (Å²) in [4.78, 5) is 16.6. The van der Waals surface area contributed by atoms with Crippen molar-refractivity contribution in [1.82, 2.24) is 9.55 Å². The predicted molar refractivity (Wildman–Crippen MR) is 88.9 cm³/mol. The molecule has 0 aliphatic carbocycles. The number of methoxy groups -OCH3 is 1. The molecule has 2 heterocycles. The van der Waals surface area contributed by atoms with Crippen LogP contribution in [-0.4, -0.2) is 16.7 Å². The second-order valence-electron chi connectivity index (χ2n) is 4.56. The number of ether oxygens (including phenoxy) is 1. The van der Waals surface area contributed by atoms with E-state index in [-0.39, 0.29) is 5.56 Å². The number of thiophene rings is 1. The van der Waals surface area contributed by atoms with Crippen LogP contribution in [0.5, 0.6) is 5.75 Å². The Labute approximate surface area is 130 Å². The Kier molecular flexibility index (Phi) is 3.65. The standard InChI is InChI=1S/C15H14N2O2S2/c1-3-17-14(18)12-11(8-21-13(12)16-15(17)20)9-4-6-10(19-2)7-5-9/h4-8H,3H2,1-2H3,(H,16,20). The van der Waals surface area contributed by atoms with Gasteiger partial charge >= 0.3 is 0 Å². The van der Waals surface area contributed by atoms with Crippen LogP contribution in [0.4, 0.5) is 0 Å². The Hall–Kier alpha value is -1.92. The molecule has 4 nitrogen and oxygen atoms in total. The summed E-state index contributed by atoms with van der Waals surface area (Å²) >= 11 is 6.72. The molecule has 0 saturated heterocycles. The van der Waals surface area contributed by atoms with Gasteiger partial charge in [-0.3, -0.25) is 9.36 Å². The van der Waals surface area contributed by atoms with Crippen LogP contribution in [0, 0.1) is 4.77 Å². The Morgan fingerprint density at radius 3 is 2.67 bits per heavy atom. The number of aromatic amines is 1. The zero-order chi connectivity index (χ0) is 15.0. The van der Waals surface area contributed by atoms with Crippen LogP contribution in [0.25, 0.3) is 21.3 Å². The lowest BCUT2D eigenvalue weighted by atomic mass is 10.1. The van der Waals surface area contributed by atoms with E-state index in [0.717, 1.165) is 21.7 Å². The van der Waals surface area contributed by atoms with E-state index < -0.39 is 0 Å². The highest BCUT2D eigenvalue weighted by Crippen LogP contribution is 2.31. The van der Waals surface area contributed by atoms with Crippen LogP contribution in [0.1, 0.15) is 6.92 Å². The van der Waals surface area contributed by atoms with Gasteiger partial charge in [-0.15, -0.1) is 11.3 Å². The number of rotatable bonds is 3. The zero-order valence-corrected chi connectivity index (χ0v) is 13.3. The fraction of sp³-hybridized carbons (Fsp3) is 0.200. The van der Waals surface area contributed by atoms with Gasteiger partial charge in [0.1, 0.15) is 10.6 Å². The van der Waals surface area contributed by atoms with Gasteiger partial charge in [-0.25, -0.2) is 0 Å². The fourth-order valence-corrected chi connectivity index (χ4v) is 3.66. The summed E-state index contributed by atoms with van der Waals surface area (Å²) in [6.45, 7) is 2.47. The van der Waals surface area contributed by atoms with E-state index in [1.807, 2.05) is 36.6 Å². The van der Waals surface area contributed by atoms with Crippen LogP contribution in [0.3, 0.4) is 0 Å². The van der Waals surface area contributed by atoms with Crippen LogP contribution < -0.4 is 10.3 Å². The maximum absolute atomic E-state index is 12.6. The average molecular weight is 318 g/mol. The molecule has 0 bridgehead atoms. The molecule has 0 amide bonds. The van der Waals surface area contributed by atoms with E-state index in [0.29, 0.717) is 16.7 Å². The molecule has 0 spiro atoms. The third-order valence-corrected chi connectivity index (χ3v) is 4.65. The molecule has 2 aromatic heterocycles. The molecule has 1 N–H and O–H groups in total. The molecule has 0 saturated carbocycles. The quantitative estimate of drug-likeness (QED) is 0.747. The Morgan fingerprint density at radius 2 is 2.05 bits per heavy atom. The largest absolute Gasteiger partial charge is 0.497 e. The van der Waals surface area contributed by atoms with Crippen molar-refractivity contribution in [2.75, 3.05) is 7.11 Å². The SMILES string of the molecule is CCn1c(=S)[nH]c2scc(-c3ccc(OC)cc3)c2c1=O. The average Bonchev–Trinajstić information content (AvgIpc) is 2.91. The van der Waals surface area contributed by atoms with Gasteiger partial charge in [-0.2, -0.15) is 0 Å². The number of hydrogen-bond donors (Lipinski definition) is 1. The van der Waals surface area contributed by atoms with Crippen molar-refractivity contribution >= 4 is 33.8 Å². The van der Waals surface area contributed by atoms with Gasteiger partial charge in [0.05, 0.1) is 12.5 Å². The van der Waals surface area contributed by atoms with Gasteiger partial charge in [0.15, 0.2) is 4.77 Å². The summed E-state index contributed by atoms with van der Waals surface area (Å²) in [5, 5.41) is 2.68. The Balaban J connectivity index is 2.28. The molecule has 0 unspecified atom stereocenters. The highest BCUT2D eigenvalue weighted by molar-refractivity contribution is 7.71. The summed E-state index contributed by atoms with van der Waals surface area (Å²) in [5.74, 6) is 0.795. The second kappa shape index (κ2) is 5.46. The molecule has 0 atom stereocenters. The van der Waals surface area contributed by atoms with E-state index >= 15 is 0 Å². The minimum Gasteiger partial charge on any atom is -0.497 e.